The zero-order valence-electron chi connectivity index (χ0n) is 15.4. The van der Waals surface area contributed by atoms with Crippen molar-refractivity contribution in [3.05, 3.63) is 65.7 Å². The highest BCUT2D eigenvalue weighted by molar-refractivity contribution is 7.91. The van der Waals surface area contributed by atoms with Crippen molar-refractivity contribution in [2.75, 3.05) is 25.4 Å². The molecule has 9 heteroatoms. The summed E-state index contributed by atoms with van der Waals surface area (Å²) in [6.07, 6.45) is -5.14. The van der Waals surface area contributed by atoms with E-state index in [4.69, 9.17) is 4.74 Å². The van der Waals surface area contributed by atoms with Crippen LogP contribution in [0.1, 0.15) is 23.7 Å². The number of alkyl halides is 3. The summed E-state index contributed by atoms with van der Waals surface area (Å²) in [5.41, 5.74) is -0.219. The van der Waals surface area contributed by atoms with Crippen LogP contribution in [0.25, 0.3) is 0 Å². The fourth-order valence-electron chi connectivity index (χ4n) is 3.09. The Labute approximate surface area is 167 Å². The number of hydrogen-bond acceptors (Lipinski definition) is 4. The summed E-state index contributed by atoms with van der Waals surface area (Å²) in [5, 5.41) is 0. The molecule has 0 aromatic heterocycles. The average molecular weight is 427 g/mol. The fourth-order valence-corrected chi connectivity index (χ4v) is 4.34. The number of halogens is 3. The molecule has 0 radical (unpaired) electrons. The molecule has 1 aliphatic rings. The zero-order valence-corrected chi connectivity index (χ0v) is 16.2. The molecule has 0 N–H and O–H groups in total. The summed E-state index contributed by atoms with van der Waals surface area (Å²) in [4.78, 5) is 14.2. The SMILES string of the molecule is O=C(CCS(=O)(=O)c1ccccc1)N1CCO[C@@H](c2ccc(C(F)(F)F)cc2)C1. The van der Waals surface area contributed by atoms with Gasteiger partial charge in [0.25, 0.3) is 0 Å². The Morgan fingerprint density at radius 2 is 1.72 bits per heavy atom. The molecular weight excluding hydrogens is 407 g/mol. The van der Waals surface area contributed by atoms with E-state index in [1.807, 2.05) is 0 Å². The predicted octanol–water partition coefficient (Wildman–Crippen LogP) is 3.47. The first kappa shape index (κ1) is 21.3. The Hall–Kier alpha value is -2.39. The van der Waals surface area contributed by atoms with E-state index in [1.54, 1.807) is 18.2 Å². The van der Waals surface area contributed by atoms with Crippen molar-refractivity contribution in [1.82, 2.24) is 4.90 Å². The lowest BCUT2D eigenvalue weighted by molar-refractivity contribution is -0.138. The van der Waals surface area contributed by atoms with Crippen LogP contribution in [0.15, 0.2) is 59.5 Å². The van der Waals surface area contributed by atoms with E-state index in [0.717, 1.165) is 12.1 Å². The van der Waals surface area contributed by atoms with Crippen molar-refractivity contribution in [1.29, 1.82) is 0 Å². The average Bonchev–Trinajstić information content (AvgIpc) is 2.72. The minimum absolute atomic E-state index is 0.162. The second-order valence-electron chi connectivity index (χ2n) is 6.70. The number of nitrogens with zero attached hydrogens (tertiary/aromatic N) is 1. The molecule has 3 rings (SSSR count). The van der Waals surface area contributed by atoms with Gasteiger partial charge in [-0.25, -0.2) is 8.42 Å². The number of hydrogen-bond donors (Lipinski definition) is 0. The smallest absolute Gasteiger partial charge is 0.370 e. The molecule has 0 unspecified atom stereocenters. The topological polar surface area (TPSA) is 63.7 Å². The Morgan fingerprint density at radius 3 is 2.34 bits per heavy atom. The summed E-state index contributed by atoms with van der Waals surface area (Å²) in [7, 11) is -3.56. The van der Waals surface area contributed by atoms with Gasteiger partial charge in [-0.05, 0) is 29.8 Å². The first-order valence-electron chi connectivity index (χ1n) is 9.01. The molecule has 1 atom stereocenters. The Bertz CT molecular complexity index is 944. The first-order chi connectivity index (χ1) is 13.7. The molecule has 5 nitrogen and oxygen atoms in total. The summed E-state index contributed by atoms with van der Waals surface area (Å²) in [5.74, 6) is -0.636. The van der Waals surface area contributed by atoms with Gasteiger partial charge in [-0.15, -0.1) is 0 Å². The van der Waals surface area contributed by atoms with Gasteiger partial charge < -0.3 is 9.64 Å². The highest BCUT2D eigenvalue weighted by Gasteiger charge is 2.31. The summed E-state index contributed by atoms with van der Waals surface area (Å²) >= 11 is 0. The van der Waals surface area contributed by atoms with Gasteiger partial charge in [-0.2, -0.15) is 13.2 Å². The van der Waals surface area contributed by atoms with Gasteiger partial charge in [0.1, 0.15) is 6.10 Å². The van der Waals surface area contributed by atoms with Crippen LogP contribution >= 0.6 is 0 Å². The van der Waals surface area contributed by atoms with Gasteiger partial charge in [-0.1, -0.05) is 30.3 Å². The lowest BCUT2D eigenvalue weighted by Crippen LogP contribution is -2.42. The van der Waals surface area contributed by atoms with Crippen LogP contribution in [0, 0.1) is 0 Å². The number of morpholine rings is 1. The number of benzene rings is 2. The number of ether oxygens (including phenoxy) is 1. The monoisotopic (exact) mass is 427 g/mol. The molecular formula is C20H20F3NO4S. The molecule has 0 spiro atoms. The third kappa shape index (κ3) is 5.36. The molecule has 0 saturated carbocycles. The van der Waals surface area contributed by atoms with Crippen molar-refractivity contribution in [3.8, 4) is 0 Å². The van der Waals surface area contributed by atoms with Crippen LogP contribution in [0.3, 0.4) is 0 Å². The van der Waals surface area contributed by atoms with Crippen LogP contribution < -0.4 is 0 Å². The first-order valence-corrected chi connectivity index (χ1v) is 10.7. The van der Waals surface area contributed by atoms with Gasteiger partial charge in [0.05, 0.1) is 29.4 Å². The largest absolute Gasteiger partial charge is 0.416 e. The third-order valence-electron chi connectivity index (χ3n) is 4.72. The Morgan fingerprint density at radius 1 is 1.07 bits per heavy atom. The second-order valence-corrected chi connectivity index (χ2v) is 8.81. The minimum atomic E-state index is -4.42. The molecule has 0 bridgehead atoms. The van der Waals surface area contributed by atoms with Gasteiger partial charge >= 0.3 is 6.18 Å². The lowest BCUT2D eigenvalue weighted by Gasteiger charge is -2.33. The quantitative estimate of drug-likeness (QED) is 0.733. The van der Waals surface area contributed by atoms with Crippen molar-refractivity contribution < 1.29 is 31.1 Å². The standard InChI is InChI=1S/C20H20F3NO4S/c21-20(22,23)16-8-6-15(7-9-16)18-14-24(11-12-28-18)19(25)10-13-29(26,27)17-4-2-1-3-5-17/h1-9,18H,10-14H2/t18-/m1/s1. The summed E-state index contributed by atoms with van der Waals surface area (Å²) in [6.45, 7) is 0.694. The summed E-state index contributed by atoms with van der Waals surface area (Å²) in [6, 6.07) is 12.5. The minimum Gasteiger partial charge on any atom is -0.370 e. The number of carbonyl (C=O) groups excluding carboxylic acids is 1. The van der Waals surface area contributed by atoms with Gasteiger partial charge in [0.2, 0.25) is 5.91 Å². The number of sulfone groups is 1. The van der Waals surface area contributed by atoms with Crippen LogP contribution in [0.5, 0.6) is 0 Å². The van der Waals surface area contributed by atoms with Crippen LogP contribution in [0.4, 0.5) is 13.2 Å². The van der Waals surface area contributed by atoms with Crippen LogP contribution in [0.2, 0.25) is 0 Å². The molecule has 1 heterocycles. The highest BCUT2D eigenvalue weighted by Crippen LogP contribution is 2.31. The normalized spacial score (nSPS) is 17.9. The van der Waals surface area contributed by atoms with Crippen LogP contribution in [-0.4, -0.2) is 44.7 Å². The van der Waals surface area contributed by atoms with Gasteiger partial charge in [-0.3, -0.25) is 4.79 Å². The van der Waals surface area contributed by atoms with Crippen LogP contribution in [-0.2, 0) is 25.5 Å². The molecule has 1 aliphatic heterocycles. The van der Waals surface area contributed by atoms with Crippen molar-refractivity contribution >= 4 is 15.7 Å². The summed E-state index contributed by atoms with van der Waals surface area (Å²) < 4.78 is 68.4. The van der Waals surface area contributed by atoms with Crippen molar-refractivity contribution in [2.45, 2.75) is 23.6 Å². The van der Waals surface area contributed by atoms with Crippen molar-refractivity contribution in [3.63, 3.8) is 0 Å². The zero-order chi connectivity index (χ0) is 21.1. The van der Waals surface area contributed by atoms with E-state index in [0.29, 0.717) is 12.1 Å². The number of rotatable bonds is 5. The molecule has 29 heavy (non-hydrogen) atoms. The Balaban J connectivity index is 1.61. The van der Waals surface area contributed by atoms with E-state index in [9.17, 15) is 26.4 Å². The lowest BCUT2D eigenvalue weighted by atomic mass is 10.0. The number of amides is 1. The van der Waals surface area contributed by atoms with E-state index in [2.05, 4.69) is 0 Å². The maximum atomic E-state index is 12.7. The Kier molecular flexibility index (Phi) is 6.28. The predicted molar refractivity (Wildman–Crippen MR) is 99.8 cm³/mol. The number of carbonyl (C=O) groups is 1. The molecule has 1 amide bonds. The fraction of sp³-hybridized carbons (Fsp3) is 0.350. The molecule has 2 aromatic rings. The van der Waals surface area contributed by atoms with Gasteiger partial charge in [0.15, 0.2) is 9.84 Å². The van der Waals surface area contributed by atoms with E-state index < -0.39 is 27.7 Å². The molecule has 1 saturated heterocycles. The molecule has 1 fully saturated rings. The van der Waals surface area contributed by atoms with Crippen molar-refractivity contribution in [2.24, 2.45) is 0 Å². The third-order valence-corrected chi connectivity index (χ3v) is 6.45. The maximum absolute atomic E-state index is 12.7. The maximum Gasteiger partial charge on any atom is 0.416 e. The molecule has 2 aromatic carbocycles. The van der Waals surface area contributed by atoms with E-state index in [1.165, 1.54) is 29.2 Å². The second kappa shape index (κ2) is 8.54. The molecule has 156 valence electrons. The van der Waals surface area contributed by atoms with E-state index >= 15 is 0 Å². The molecule has 0 aliphatic carbocycles. The highest BCUT2D eigenvalue weighted by atomic mass is 32.2. The van der Waals surface area contributed by atoms with Gasteiger partial charge in [0, 0.05) is 13.0 Å². The van der Waals surface area contributed by atoms with E-state index in [-0.39, 0.29) is 36.1 Å².